The van der Waals surface area contributed by atoms with Gasteiger partial charge in [-0.2, -0.15) is 5.10 Å². The highest BCUT2D eigenvalue weighted by Crippen LogP contribution is 2.17. The zero-order chi connectivity index (χ0) is 12.0. The van der Waals surface area contributed by atoms with Crippen molar-refractivity contribution in [1.29, 1.82) is 0 Å². The van der Waals surface area contributed by atoms with Crippen molar-refractivity contribution in [2.75, 3.05) is 7.11 Å². The summed E-state index contributed by atoms with van der Waals surface area (Å²) in [6, 6.07) is 7.82. The number of hydrazone groups is 1. The van der Waals surface area contributed by atoms with Gasteiger partial charge in [0, 0.05) is 12.1 Å². The van der Waals surface area contributed by atoms with Crippen LogP contribution >= 0.6 is 12.2 Å². The summed E-state index contributed by atoms with van der Waals surface area (Å²) in [6.45, 7) is 1.90. The number of nitrogens with zero attached hydrogens (tertiary/aromatic N) is 1. The molecule has 0 unspecified atom stereocenters. The van der Waals surface area contributed by atoms with Crippen LogP contribution in [0.2, 0.25) is 0 Å². The molecule has 16 heavy (non-hydrogen) atoms. The minimum absolute atomic E-state index is 0.166. The number of benzene rings is 1. The lowest BCUT2D eigenvalue weighted by atomic mass is 10.1. The van der Waals surface area contributed by atoms with Crippen LogP contribution in [0.15, 0.2) is 29.4 Å². The summed E-state index contributed by atoms with van der Waals surface area (Å²) in [5.41, 5.74) is 9.80. The van der Waals surface area contributed by atoms with Gasteiger partial charge in [0.25, 0.3) is 0 Å². The quantitative estimate of drug-likeness (QED) is 0.473. The summed E-state index contributed by atoms with van der Waals surface area (Å²) in [7, 11) is 1.65. The summed E-state index contributed by atoms with van der Waals surface area (Å²) < 4.78 is 5.25. The molecule has 0 amide bonds. The molecule has 1 aromatic carbocycles. The second kappa shape index (κ2) is 6.07. The monoisotopic (exact) mass is 237 g/mol. The van der Waals surface area contributed by atoms with Crippen LogP contribution in [0.25, 0.3) is 0 Å². The van der Waals surface area contributed by atoms with Crippen LogP contribution in [0.4, 0.5) is 0 Å². The molecule has 0 bridgehead atoms. The van der Waals surface area contributed by atoms with Crippen LogP contribution in [-0.2, 0) is 6.42 Å². The lowest BCUT2D eigenvalue weighted by molar-refractivity contribution is 0.411. The first-order valence-electron chi connectivity index (χ1n) is 4.84. The molecule has 1 aromatic rings. The predicted molar refractivity (Wildman–Crippen MR) is 69.7 cm³/mol. The molecule has 0 aromatic heterocycles. The zero-order valence-electron chi connectivity index (χ0n) is 9.36. The number of rotatable bonds is 4. The molecule has 0 aliphatic heterocycles. The first kappa shape index (κ1) is 12.4. The summed E-state index contributed by atoms with van der Waals surface area (Å²) in [4.78, 5) is 0. The fourth-order valence-corrected chi connectivity index (χ4v) is 1.36. The molecule has 0 saturated heterocycles. The Bertz CT molecular complexity index is 404. The fourth-order valence-electron chi connectivity index (χ4n) is 1.31. The van der Waals surface area contributed by atoms with E-state index in [0.717, 1.165) is 17.0 Å². The van der Waals surface area contributed by atoms with Gasteiger partial charge in [-0.1, -0.05) is 18.2 Å². The van der Waals surface area contributed by atoms with Gasteiger partial charge in [-0.3, -0.25) is 5.43 Å². The third-order valence-electron chi connectivity index (χ3n) is 2.00. The molecule has 0 radical (unpaired) electrons. The Kier molecular flexibility index (Phi) is 4.72. The Labute approximate surface area is 100 Å². The van der Waals surface area contributed by atoms with Crippen LogP contribution in [0, 0.1) is 0 Å². The fraction of sp³-hybridized carbons (Fsp3) is 0.273. The minimum atomic E-state index is 0.166. The van der Waals surface area contributed by atoms with Gasteiger partial charge in [0.2, 0.25) is 0 Å². The Morgan fingerprint density at radius 2 is 2.19 bits per heavy atom. The smallest absolute Gasteiger partial charge is 0.184 e. The number of nitrogens with one attached hydrogen (secondary N) is 1. The van der Waals surface area contributed by atoms with Crippen LogP contribution in [0.3, 0.4) is 0 Å². The van der Waals surface area contributed by atoms with E-state index in [1.807, 2.05) is 31.2 Å². The molecule has 0 aliphatic carbocycles. The maximum Gasteiger partial charge on any atom is 0.184 e. The lowest BCUT2D eigenvalue weighted by Gasteiger charge is -2.07. The molecule has 0 spiro atoms. The van der Waals surface area contributed by atoms with E-state index in [-0.39, 0.29) is 5.11 Å². The number of thiocarbonyl (C=S) groups is 1. The van der Waals surface area contributed by atoms with Gasteiger partial charge in [0.1, 0.15) is 5.75 Å². The number of methoxy groups -OCH3 is 1. The van der Waals surface area contributed by atoms with Crippen LogP contribution in [0.1, 0.15) is 12.5 Å². The summed E-state index contributed by atoms with van der Waals surface area (Å²) in [5.74, 6) is 0.854. The van der Waals surface area contributed by atoms with Crippen molar-refractivity contribution in [3.63, 3.8) is 0 Å². The standard InChI is InChI=1S/C11H15N3OS/c1-8(13-14-11(12)16)7-9-5-3-4-6-10(9)15-2/h3-6H,7H2,1-2H3,(H3,12,14,16)/b13-8-. The normalized spacial score (nSPS) is 11.0. The second-order valence-corrected chi connectivity index (χ2v) is 3.75. The molecule has 0 heterocycles. The summed E-state index contributed by atoms with van der Waals surface area (Å²) >= 11 is 4.66. The second-order valence-electron chi connectivity index (χ2n) is 3.31. The van der Waals surface area contributed by atoms with Gasteiger partial charge in [-0.15, -0.1) is 0 Å². The van der Waals surface area contributed by atoms with Gasteiger partial charge in [0.05, 0.1) is 7.11 Å². The Balaban J connectivity index is 2.72. The van der Waals surface area contributed by atoms with Crippen molar-refractivity contribution in [2.24, 2.45) is 10.8 Å². The van der Waals surface area contributed by atoms with Crippen LogP contribution < -0.4 is 15.9 Å². The van der Waals surface area contributed by atoms with E-state index in [9.17, 15) is 0 Å². The average Bonchev–Trinajstić information content (AvgIpc) is 2.27. The Hall–Kier alpha value is -1.62. The van der Waals surface area contributed by atoms with Gasteiger partial charge < -0.3 is 10.5 Å². The van der Waals surface area contributed by atoms with Crippen molar-refractivity contribution in [3.8, 4) is 5.75 Å². The molecule has 3 N–H and O–H groups in total. The zero-order valence-corrected chi connectivity index (χ0v) is 10.2. The van der Waals surface area contributed by atoms with E-state index in [1.165, 1.54) is 0 Å². The van der Waals surface area contributed by atoms with E-state index in [4.69, 9.17) is 10.5 Å². The van der Waals surface area contributed by atoms with Crippen LogP contribution in [-0.4, -0.2) is 17.9 Å². The van der Waals surface area contributed by atoms with E-state index in [0.29, 0.717) is 6.42 Å². The number of hydrogen-bond acceptors (Lipinski definition) is 3. The van der Waals surface area contributed by atoms with Crippen molar-refractivity contribution in [1.82, 2.24) is 5.43 Å². The first-order chi connectivity index (χ1) is 7.63. The molecule has 0 aliphatic rings. The van der Waals surface area contributed by atoms with Crippen molar-refractivity contribution in [3.05, 3.63) is 29.8 Å². The van der Waals surface area contributed by atoms with E-state index in [2.05, 4.69) is 22.7 Å². The summed E-state index contributed by atoms with van der Waals surface area (Å²) in [5, 5.41) is 4.21. The van der Waals surface area contributed by atoms with Gasteiger partial charge in [0.15, 0.2) is 5.11 Å². The third kappa shape index (κ3) is 3.86. The van der Waals surface area contributed by atoms with Crippen molar-refractivity contribution in [2.45, 2.75) is 13.3 Å². The Morgan fingerprint density at radius 3 is 2.81 bits per heavy atom. The molecule has 4 nitrogen and oxygen atoms in total. The number of para-hydroxylation sites is 1. The van der Waals surface area contributed by atoms with Crippen LogP contribution in [0.5, 0.6) is 5.75 Å². The molecule has 0 saturated carbocycles. The topological polar surface area (TPSA) is 59.6 Å². The van der Waals surface area contributed by atoms with E-state index < -0.39 is 0 Å². The highest BCUT2D eigenvalue weighted by Gasteiger charge is 2.02. The first-order valence-corrected chi connectivity index (χ1v) is 5.25. The van der Waals surface area contributed by atoms with E-state index >= 15 is 0 Å². The maximum absolute atomic E-state index is 5.28. The SMILES string of the molecule is COc1ccccc1C/C(C)=N\NC(N)=S. The lowest BCUT2D eigenvalue weighted by Crippen LogP contribution is -2.25. The predicted octanol–water partition coefficient (Wildman–Crippen LogP) is 1.45. The largest absolute Gasteiger partial charge is 0.496 e. The number of ether oxygens (including phenoxy) is 1. The number of hydrogen-bond donors (Lipinski definition) is 2. The average molecular weight is 237 g/mol. The minimum Gasteiger partial charge on any atom is -0.496 e. The maximum atomic E-state index is 5.28. The number of nitrogens with two attached hydrogens (primary N) is 1. The molecule has 5 heteroatoms. The molecule has 86 valence electrons. The van der Waals surface area contributed by atoms with Crippen molar-refractivity contribution < 1.29 is 4.74 Å². The van der Waals surface area contributed by atoms with Gasteiger partial charge >= 0.3 is 0 Å². The highest BCUT2D eigenvalue weighted by atomic mass is 32.1. The molecule has 0 atom stereocenters. The van der Waals surface area contributed by atoms with Gasteiger partial charge in [-0.05, 0) is 30.8 Å². The molecule has 0 fully saturated rings. The van der Waals surface area contributed by atoms with Crippen molar-refractivity contribution >= 4 is 23.0 Å². The third-order valence-corrected chi connectivity index (χ3v) is 2.09. The van der Waals surface area contributed by atoms with Gasteiger partial charge in [-0.25, -0.2) is 0 Å². The molecule has 1 rings (SSSR count). The highest BCUT2D eigenvalue weighted by molar-refractivity contribution is 7.80. The molecular formula is C11H15N3OS. The molecular weight excluding hydrogens is 222 g/mol. The summed E-state index contributed by atoms with van der Waals surface area (Å²) in [6.07, 6.45) is 0.694. The van der Waals surface area contributed by atoms with E-state index in [1.54, 1.807) is 7.11 Å². The Morgan fingerprint density at radius 1 is 1.50 bits per heavy atom.